The Morgan fingerprint density at radius 2 is 1.67 bits per heavy atom. The first-order valence-electron chi connectivity index (χ1n) is 16.5. The van der Waals surface area contributed by atoms with Gasteiger partial charge in [-0.25, -0.2) is 0 Å². The van der Waals surface area contributed by atoms with Crippen molar-refractivity contribution in [1.29, 1.82) is 0 Å². The van der Waals surface area contributed by atoms with Gasteiger partial charge in [-0.05, 0) is 84.8 Å². The third kappa shape index (κ3) is 7.86. The van der Waals surface area contributed by atoms with E-state index in [0.29, 0.717) is 23.0 Å². The number of halogens is 1. The lowest BCUT2D eigenvalue weighted by Gasteiger charge is -2.32. The van der Waals surface area contributed by atoms with Crippen molar-refractivity contribution in [2.75, 3.05) is 7.05 Å². The van der Waals surface area contributed by atoms with Crippen LogP contribution in [-0.2, 0) is 35.1 Å². The minimum Gasteiger partial charge on any atom is -0.508 e. The number of phenols is 1. The summed E-state index contributed by atoms with van der Waals surface area (Å²) in [7, 11) is 1.54. The van der Waals surface area contributed by atoms with Gasteiger partial charge in [0.1, 0.15) is 17.8 Å². The van der Waals surface area contributed by atoms with E-state index < -0.39 is 53.5 Å². The van der Waals surface area contributed by atoms with Crippen LogP contribution >= 0.6 is 15.9 Å². The molecule has 0 saturated carbocycles. The van der Waals surface area contributed by atoms with Crippen molar-refractivity contribution in [3.05, 3.63) is 64.3 Å². The van der Waals surface area contributed by atoms with Crippen molar-refractivity contribution in [3.63, 3.8) is 0 Å². The Morgan fingerprint density at radius 1 is 0.979 bits per heavy atom. The van der Waals surface area contributed by atoms with Crippen molar-refractivity contribution >= 4 is 50.5 Å². The van der Waals surface area contributed by atoms with Gasteiger partial charge in [-0.3, -0.25) is 19.2 Å². The highest BCUT2D eigenvalue weighted by Crippen LogP contribution is 2.47. The quantitative estimate of drug-likeness (QED) is 0.221. The van der Waals surface area contributed by atoms with Crippen molar-refractivity contribution < 1.29 is 33.8 Å². The number of para-hydroxylation sites is 1. The number of epoxide rings is 1. The van der Waals surface area contributed by atoms with E-state index in [0.717, 1.165) is 16.5 Å². The Kier molecular flexibility index (Phi) is 10.5. The Bertz CT molecular complexity index is 1680. The Labute approximate surface area is 289 Å². The number of likely N-dealkylation sites (N-methyl/N-ethyl adjacent to an activating group) is 1. The highest BCUT2D eigenvalue weighted by Gasteiger charge is 2.55. The zero-order valence-electron chi connectivity index (χ0n) is 28.2. The number of esters is 1. The smallest absolute Gasteiger partial charge is 0.308 e. The topological polar surface area (TPSA) is 153 Å². The molecular weight excluding hydrogens is 680 g/mol. The molecule has 11 nitrogen and oxygen atoms in total. The van der Waals surface area contributed by atoms with Crippen LogP contribution in [0.3, 0.4) is 0 Å². The van der Waals surface area contributed by atoms with Crippen LogP contribution in [0.1, 0.15) is 71.0 Å². The number of phenolic OH excluding ortho intramolecular Hbond substituents is 1. The molecule has 2 aromatic carbocycles. The third-order valence-electron chi connectivity index (χ3n) is 9.64. The molecule has 2 aliphatic rings. The first-order chi connectivity index (χ1) is 22.7. The lowest BCUT2D eigenvalue weighted by Crippen LogP contribution is -2.55. The lowest BCUT2D eigenvalue weighted by molar-refractivity contribution is -0.150. The van der Waals surface area contributed by atoms with Crippen LogP contribution in [0.15, 0.2) is 53.1 Å². The molecule has 0 radical (unpaired) electrons. The van der Waals surface area contributed by atoms with Gasteiger partial charge in [0.15, 0.2) is 0 Å². The molecule has 2 aliphatic heterocycles. The molecule has 6 unspecified atom stereocenters. The minimum absolute atomic E-state index is 0.0402. The SMILES string of the molecule is CC1CC(C)C2OC2(C)C[C@H](C)C(=O)NC(C)C(=O)N(C)C(Cc2c(Br)[nH]c3ccccc23)C(=O)N[C@@H](c2ccc(O)cc2)CC(=O)O1. The van der Waals surface area contributed by atoms with Gasteiger partial charge < -0.3 is 35.1 Å². The number of ether oxygens (including phenoxy) is 2. The minimum atomic E-state index is -1.03. The molecular formula is C36H45BrN4O7. The van der Waals surface area contributed by atoms with E-state index in [1.54, 1.807) is 26.1 Å². The Balaban J connectivity index is 1.50. The molecule has 1 aromatic heterocycles. The van der Waals surface area contributed by atoms with Crippen LogP contribution in [0.4, 0.5) is 0 Å². The van der Waals surface area contributed by atoms with Crippen molar-refractivity contribution in [2.45, 2.75) is 96.2 Å². The number of carbonyl (C=O) groups is 4. The Hall–Kier alpha value is -3.90. The molecule has 0 spiro atoms. The van der Waals surface area contributed by atoms with Gasteiger partial charge in [0, 0.05) is 30.3 Å². The van der Waals surface area contributed by atoms with Crippen LogP contribution in [0.2, 0.25) is 0 Å². The van der Waals surface area contributed by atoms with E-state index in [1.807, 2.05) is 52.0 Å². The normalized spacial score (nSPS) is 31.1. The average Bonchev–Trinajstić information content (AvgIpc) is 3.59. The van der Waals surface area contributed by atoms with Crippen LogP contribution < -0.4 is 10.6 Å². The predicted molar refractivity (Wildman–Crippen MR) is 184 cm³/mol. The first-order valence-corrected chi connectivity index (χ1v) is 17.2. The number of fused-ring (bicyclic) bond motifs is 2. The molecule has 8 atom stereocenters. The van der Waals surface area contributed by atoms with E-state index >= 15 is 0 Å². The summed E-state index contributed by atoms with van der Waals surface area (Å²) in [5.74, 6) is -2.05. The number of carbonyl (C=O) groups excluding carboxylic acids is 4. The number of cyclic esters (lactones) is 1. The zero-order chi connectivity index (χ0) is 34.9. The number of amides is 3. The van der Waals surface area contributed by atoms with E-state index in [4.69, 9.17) is 9.47 Å². The van der Waals surface area contributed by atoms with Crippen LogP contribution in [-0.4, -0.2) is 75.6 Å². The number of aromatic hydroxyl groups is 1. The van der Waals surface area contributed by atoms with E-state index in [-0.39, 0.29) is 36.5 Å². The average molecular weight is 726 g/mol. The summed E-state index contributed by atoms with van der Waals surface area (Å²) in [4.78, 5) is 59.5. The fourth-order valence-corrected chi connectivity index (χ4v) is 7.63. The largest absolute Gasteiger partial charge is 0.508 e. The second kappa shape index (κ2) is 14.3. The number of H-pyrrole nitrogens is 1. The summed E-state index contributed by atoms with van der Waals surface area (Å²) in [5, 5.41) is 16.7. The van der Waals surface area contributed by atoms with Gasteiger partial charge in [-0.1, -0.05) is 44.2 Å². The van der Waals surface area contributed by atoms with Crippen LogP contribution in [0.5, 0.6) is 5.75 Å². The summed E-state index contributed by atoms with van der Waals surface area (Å²) in [6.45, 7) is 9.27. The van der Waals surface area contributed by atoms with Gasteiger partial charge >= 0.3 is 5.97 Å². The maximum absolute atomic E-state index is 14.3. The molecule has 5 rings (SSSR count). The summed E-state index contributed by atoms with van der Waals surface area (Å²) in [6.07, 6.45) is 0.464. The van der Waals surface area contributed by atoms with Gasteiger partial charge in [-0.2, -0.15) is 0 Å². The van der Waals surface area contributed by atoms with Crippen molar-refractivity contribution in [1.82, 2.24) is 20.5 Å². The number of nitrogens with zero attached hydrogens (tertiary/aromatic N) is 1. The van der Waals surface area contributed by atoms with Crippen LogP contribution in [0.25, 0.3) is 10.9 Å². The second-order valence-electron chi connectivity index (χ2n) is 13.7. The second-order valence-corrected chi connectivity index (χ2v) is 14.5. The molecule has 12 heteroatoms. The fourth-order valence-electron chi connectivity index (χ4n) is 7.04. The highest BCUT2D eigenvalue weighted by molar-refractivity contribution is 9.10. The highest BCUT2D eigenvalue weighted by atomic mass is 79.9. The molecule has 3 aromatic rings. The number of aromatic amines is 1. The molecule has 2 fully saturated rings. The number of benzene rings is 2. The van der Waals surface area contributed by atoms with Crippen LogP contribution in [0, 0.1) is 11.8 Å². The Morgan fingerprint density at radius 3 is 2.38 bits per heavy atom. The molecule has 2 saturated heterocycles. The van der Waals surface area contributed by atoms with Crippen molar-refractivity contribution in [2.24, 2.45) is 11.8 Å². The molecule has 0 aliphatic carbocycles. The summed E-state index contributed by atoms with van der Waals surface area (Å²) >= 11 is 3.60. The third-order valence-corrected chi connectivity index (χ3v) is 10.3. The molecule has 258 valence electrons. The zero-order valence-corrected chi connectivity index (χ0v) is 29.8. The monoisotopic (exact) mass is 724 g/mol. The van der Waals surface area contributed by atoms with E-state index in [2.05, 4.69) is 31.5 Å². The predicted octanol–water partition coefficient (Wildman–Crippen LogP) is 4.91. The number of nitrogens with one attached hydrogen (secondary N) is 3. The number of aromatic nitrogens is 1. The van der Waals surface area contributed by atoms with Gasteiger partial charge in [0.25, 0.3) is 0 Å². The molecule has 48 heavy (non-hydrogen) atoms. The summed E-state index contributed by atoms with van der Waals surface area (Å²) in [5.41, 5.74) is 1.74. The van der Waals surface area contributed by atoms with Gasteiger partial charge in [0.2, 0.25) is 17.7 Å². The van der Waals surface area contributed by atoms with Crippen molar-refractivity contribution in [3.8, 4) is 5.75 Å². The van der Waals surface area contributed by atoms with E-state index in [1.165, 1.54) is 17.0 Å². The molecule has 3 amide bonds. The number of hydrogen-bond donors (Lipinski definition) is 4. The van der Waals surface area contributed by atoms with E-state index in [9.17, 15) is 24.3 Å². The standard InChI is InChI=1S/C36H45BrN4O7/c1-19-15-21(3)47-30(43)17-28(23-11-13-24(42)14-12-23)40-34(45)29(16-26-25-9-7-8-10-27(25)39-32(26)37)41(6)35(46)22(4)38-33(44)20(2)18-36(5)31(19)48-36/h7-14,19-22,28-29,31,39,42H,15-18H2,1-6H3,(H,38,44)(H,40,45)/t19?,20-,21?,22?,28+,29?,31?,36?/m0/s1. The van der Waals surface area contributed by atoms with Gasteiger partial charge in [0.05, 0.1) is 34.9 Å². The number of rotatable bonds is 3. The fraction of sp³-hybridized carbons (Fsp3) is 0.500. The summed E-state index contributed by atoms with van der Waals surface area (Å²) < 4.78 is 12.6. The summed E-state index contributed by atoms with van der Waals surface area (Å²) in [6, 6.07) is 11.1. The molecule has 4 N–H and O–H groups in total. The first kappa shape index (κ1) is 35.4. The molecule has 3 heterocycles. The maximum atomic E-state index is 14.3. The lowest BCUT2D eigenvalue weighted by atomic mass is 9.87. The van der Waals surface area contributed by atoms with Gasteiger partial charge in [-0.15, -0.1) is 0 Å². The maximum Gasteiger partial charge on any atom is 0.308 e. The molecule has 0 bridgehead atoms. The number of hydrogen-bond acceptors (Lipinski definition) is 7.